The molecule has 1 aliphatic carbocycles. The van der Waals surface area contributed by atoms with Crippen LogP contribution in [0.5, 0.6) is 0 Å². The normalized spacial score (nSPS) is 15.5. The minimum atomic E-state index is 0.324. The molecule has 1 aromatic rings. The van der Waals surface area contributed by atoms with E-state index in [4.69, 9.17) is 11.6 Å². The zero-order chi connectivity index (χ0) is 9.97. The summed E-state index contributed by atoms with van der Waals surface area (Å²) in [5, 5.41) is 1.38. The number of nitrogens with zero attached hydrogens (tertiary/aromatic N) is 1. The third-order valence-corrected chi connectivity index (χ3v) is 3.55. The topological polar surface area (TPSA) is 30.0 Å². The first-order chi connectivity index (χ1) is 6.77. The van der Waals surface area contributed by atoms with Crippen molar-refractivity contribution in [2.45, 2.75) is 17.9 Å². The number of rotatable bonds is 4. The van der Waals surface area contributed by atoms with Crippen LogP contribution in [0.1, 0.15) is 12.8 Å². The van der Waals surface area contributed by atoms with Gasteiger partial charge in [-0.05, 0) is 25.0 Å². The fourth-order valence-corrected chi connectivity index (χ4v) is 2.28. The third kappa shape index (κ3) is 2.49. The van der Waals surface area contributed by atoms with Gasteiger partial charge in [-0.1, -0.05) is 23.4 Å². The van der Waals surface area contributed by atoms with E-state index in [2.05, 4.69) is 4.98 Å². The molecule has 14 heavy (non-hydrogen) atoms. The molecule has 1 fully saturated rings. The van der Waals surface area contributed by atoms with E-state index in [1.54, 1.807) is 18.3 Å². The smallest absolute Gasteiger partial charge is 0.146 e. The molecule has 1 saturated carbocycles. The van der Waals surface area contributed by atoms with Crippen LogP contribution in [-0.4, -0.2) is 16.5 Å². The molecule has 2 nitrogen and oxygen atoms in total. The van der Waals surface area contributed by atoms with E-state index in [-0.39, 0.29) is 0 Å². The van der Waals surface area contributed by atoms with Gasteiger partial charge in [0.2, 0.25) is 0 Å². The highest BCUT2D eigenvalue weighted by Crippen LogP contribution is 2.32. The number of hydrogen-bond donors (Lipinski definition) is 0. The molecule has 0 unspecified atom stereocenters. The molecule has 74 valence electrons. The molecule has 0 spiro atoms. The first kappa shape index (κ1) is 9.99. The van der Waals surface area contributed by atoms with Crippen molar-refractivity contribution in [1.29, 1.82) is 0 Å². The van der Waals surface area contributed by atoms with Crippen molar-refractivity contribution in [3.05, 3.63) is 23.4 Å². The lowest BCUT2D eigenvalue weighted by molar-refractivity contribution is -0.117. The SMILES string of the molecule is O=C(CSc1ncccc1Cl)C1CC1. The van der Waals surface area contributed by atoms with Gasteiger partial charge in [0.05, 0.1) is 10.8 Å². The number of Topliss-reactive ketones (excluding diaryl/α,β-unsaturated/α-hetero) is 1. The standard InChI is InChI=1S/C10H10ClNOS/c11-8-2-1-5-12-10(8)14-6-9(13)7-3-4-7/h1-2,5,7H,3-4,6H2. The number of halogens is 1. The van der Waals surface area contributed by atoms with E-state index in [9.17, 15) is 4.79 Å². The molecule has 2 rings (SSSR count). The van der Waals surface area contributed by atoms with Crippen molar-refractivity contribution >= 4 is 29.1 Å². The Balaban J connectivity index is 1.91. The van der Waals surface area contributed by atoms with Crippen molar-refractivity contribution < 1.29 is 4.79 Å². The highest BCUT2D eigenvalue weighted by molar-refractivity contribution is 8.00. The van der Waals surface area contributed by atoms with E-state index in [1.807, 2.05) is 0 Å². The van der Waals surface area contributed by atoms with Gasteiger partial charge in [0.25, 0.3) is 0 Å². The maximum atomic E-state index is 11.4. The monoisotopic (exact) mass is 227 g/mol. The Morgan fingerprint density at radius 3 is 3.07 bits per heavy atom. The molecule has 0 saturated heterocycles. The Morgan fingerprint density at radius 2 is 2.43 bits per heavy atom. The van der Waals surface area contributed by atoms with Crippen LogP contribution in [0, 0.1) is 5.92 Å². The summed E-state index contributed by atoms with van der Waals surface area (Å²) in [5.41, 5.74) is 0. The van der Waals surface area contributed by atoms with Crippen molar-refractivity contribution in [3.63, 3.8) is 0 Å². The van der Waals surface area contributed by atoms with Gasteiger partial charge in [-0.25, -0.2) is 4.98 Å². The van der Waals surface area contributed by atoms with Crippen LogP contribution in [0.25, 0.3) is 0 Å². The Hall–Kier alpha value is -0.540. The van der Waals surface area contributed by atoms with Crippen LogP contribution in [0.15, 0.2) is 23.4 Å². The summed E-state index contributed by atoms with van der Waals surface area (Å²) in [4.78, 5) is 15.5. The molecule has 0 N–H and O–H groups in total. The first-order valence-corrected chi connectivity index (χ1v) is 5.90. The average molecular weight is 228 g/mol. The maximum absolute atomic E-state index is 11.4. The van der Waals surface area contributed by atoms with Gasteiger partial charge in [-0.3, -0.25) is 4.79 Å². The number of aromatic nitrogens is 1. The number of pyridine rings is 1. The fourth-order valence-electron chi connectivity index (χ4n) is 1.14. The number of hydrogen-bond acceptors (Lipinski definition) is 3. The van der Waals surface area contributed by atoms with Gasteiger partial charge in [0, 0.05) is 12.1 Å². The second-order valence-corrected chi connectivity index (χ2v) is 4.69. The fraction of sp³-hybridized carbons (Fsp3) is 0.400. The van der Waals surface area contributed by atoms with Crippen LogP contribution in [0.2, 0.25) is 5.02 Å². The predicted molar refractivity (Wildman–Crippen MR) is 57.7 cm³/mol. The van der Waals surface area contributed by atoms with Crippen LogP contribution in [0.4, 0.5) is 0 Å². The Kier molecular flexibility index (Phi) is 3.08. The van der Waals surface area contributed by atoms with Gasteiger partial charge in [-0.2, -0.15) is 0 Å². The molecule has 0 amide bonds. The summed E-state index contributed by atoms with van der Waals surface area (Å²) in [6.07, 6.45) is 3.82. The largest absolute Gasteiger partial charge is 0.298 e. The molecule has 4 heteroatoms. The average Bonchev–Trinajstić information content (AvgIpc) is 2.99. The molecule has 0 bridgehead atoms. The quantitative estimate of drug-likeness (QED) is 0.741. The van der Waals surface area contributed by atoms with Crippen molar-refractivity contribution in [2.24, 2.45) is 5.92 Å². The first-order valence-electron chi connectivity index (χ1n) is 4.53. The Morgan fingerprint density at radius 1 is 1.64 bits per heavy atom. The van der Waals surface area contributed by atoms with Crippen molar-refractivity contribution in [3.8, 4) is 0 Å². The van der Waals surface area contributed by atoms with E-state index in [0.29, 0.717) is 22.5 Å². The van der Waals surface area contributed by atoms with Crippen LogP contribution in [0.3, 0.4) is 0 Å². The summed E-state index contributed by atoms with van der Waals surface area (Å²) in [6.45, 7) is 0. The summed E-state index contributed by atoms with van der Waals surface area (Å²) in [6, 6.07) is 3.58. The van der Waals surface area contributed by atoms with Gasteiger partial charge in [-0.15, -0.1) is 0 Å². The van der Waals surface area contributed by atoms with E-state index >= 15 is 0 Å². The van der Waals surface area contributed by atoms with Crippen LogP contribution < -0.4 is 0 Å². The summed E-state index contributed by atoms with van der Waals surface area (Å²) in [7, 11) is 0. The molecular formula is C10H10ClNOS. The van der Waals surface area contributed by atoms with Gasteiger partial charge in [0.1, 0.15) is 10.8 Å². The Bertz CT molecular complexity index is 352. The zero-order valence-electron chi connectivity index (χ0n) is 7.57. The van der Waals surface area contributed by atoms with Gasteiger partial charge in [0.15, 0.2) is 0 Å². The maximum Gasteiger partial charge on any atom is 0.146 e. The van der Waals surface area contributed by atoms with Crippen molar-refractivity contribution in [2.75, 3.05) is 5.75 Å². The second-order valence-electron chi connectivity index (χ2n) is 3.32. The molecule has 1 aliphatic rings. The lowest BCUT2D eigenvalue weighted by Crippen LogP contribution is -2.03. The molecule has 0 aromatic carbocycles. The highest BCUT2D eigenvalue weighted by Gasteiger charge is 2.29. The zero-order valence-corrected chi connectivity index (χ0v) is 9.14. The van der Waals surface area contributed by atoms with E-state index < -0.39 is 0 Å². The second kappa shape index (κ2) is 4.32. The number of carbonyl (C=O) groups is 1. The molecular weight excluding hydrogens is 218 g/mol. The highest BCUT2D eigenvalue weighted by atomic mass is 35.5. The summed E-state index contributed by atoms with van der Waals surface area (Å²) < 4.78 is 0. The molecule has 0 atom stereocenters. The minimum Gasteiger partial charge on any atom is -0.298 e. The summed E-state index contributed by atoms with van der Waals surface area (Å²) in [5.74, 6) is 1.16. The lowest BCUT2D eigenvalue weighted by Gasteiger charge is -2.00. The van der Waals surface area contributed by atoms with Crippen LogP contribution >= 0.6 is 23.4 Å². The third-order valence-electron chi connectivity index (χ3n) is 2.11. The molecule has 0 aliphatic heterocycles. The molecule has 0 radical (unpaired) electrons. The lowest BCUT2D eigenvalue weighted by atomic mass is 10.3. The molecule has 1 aromatic heterocycles. The molecule has 1 heterocycles. The van der Waals surface area contributed by atoms with Crippen molar-refractivity contribution in [1.82, 2.24) is 4.98 Å². The number of ketones is 1. The van der Waals surface area contributed by atoms with Gasteiger partial charge >= 0.3 is 0 Å². The minimum absolute atomic E-state index is 0.324. The predicted octanol–water partition coefficient (Wildman–Crippen LogP) is 2.81. The Labute approximate surface area is 92.1 Å². The summed E-state index contributed by atoms with van der Waals surface area (Å²) >= 11 is 7.34. The van der Waals surface area contributed by atoms with Gasteiger partial charge < -0.3 is 0 Å². The van der Waals surface area contributed by atoms with Crippen LogP contribution in [-0.2, 0) is 4.79 Å². The van der Waals surface area contributed by atoms with E-state index in [1.165, 1.54) is 11.8 Å². The number of thioether (sulfide) groups is 1. The van der Waals surface area contributed by atoms with E-state index in [0.717, 1.165) is 17.9 Å². The number of carbonyl (C=O) groups excluding carboxylic acids is 1.